The number of rotatable bonds is 12. The van der Waals surface area contributed by atoms with E-state index < -0.39 is 59.8 Å². The number of hydrogen-bond donors (Lipinski definition) is 8. The number of halogens is 1. The van der Waals surface area contributed by atoms with Crippen molar-refractivity contribution >= 4 is 41.1 Å². The van der Waals surface area contributed by atoms with Crippen molar-refractivity contribution in [1.82, 2.24) is 26.2 Å². The fraction of sp³-hybridized carbons (Fsp3) is 0.326. The molecule has 0 saturated carbocycles. The molecule has 5 amide bonds. The SMILES string of the molecule is CC(O)CNC(=O)C1Cc2ccc(O)c(c2)-c2cc(ccc2O)C(N(C)C(=O)C(CCCCN)NC(=O)c2ccc(-c3ccc(Cl)cc3)cc2)C(=O)NC(C)C(=O)N1. The molecule has 4 aromatic carbocycles. The molecule has 1 aliphatic heterocycles. The summed E-state index contributed by atoms with van der Waals surface area (Å²) in [6.07, 6.45) is 0.356. The van der Waals surface area contributed by atoms with Gasteiger partial charge >= 0.3 is 0 Å². The molecule has 306 valence electrons. The van der Waals surface area contributed by atoms with Gasteiger partial charge in [-0.15, -0.1) is 0 Å². The van der Waals surface area contributed by atoms with E-state index in [0.29, 0.717) is 35.5 Å². The second-order valence-corrected chi connectivity index (χ2v) is 14.9. The number of aliphatic hydroxyl groups is 1. The predicted molar refractivity (Wildman–Crippen MR) is 220 cm³/mol. The number of amides is 5. The Balaban J connectivity index is 1.49. The maximum Gasteiger partial charge on any atom is 0.251 e. The van der Waals surface area contributed by atoms with E-state index in [1.54, 1.807) is 48.5 Å². The van der Waals surface area contributed by atoms with Crippen LogP contribution in [0.15, 0.2) is 84.9 Å². The van der Waals surface area contributed by atoms with Crippen molar-refractivity contribution in [2.75, 3.05) is 20.1 Å². The van der Waals surface area contributed by atoms with Crippen molar-refractivity contribution < 1.29 is 39.3 Å². The minimum absolute atomic E-state index is 0.0323. The molecule has 1 aliphatic rings. The number of aliphatic hydroxyl groups excluding tert-OH is 1. The number of benzene rings is 4. The van der Waals surface area contributed by atoms with Crippen LogP contribution in [-0.4, -0.2) is 94.1 Å². The van der Waals surface area contributed by atoms with Crippen molar-refractivity contribution in [3.8, 4) is 33.8 Å². The standard InChI is InChI=1S/C43H49ClN6O8/c1-24(51)23-46-41(56)35-21-26-7-17-36(52)32(20-26)33-22-30(14-18-37(33)53)38(42(57)47-25(2)39(54)49-35)50(3)43(58)34(6-4-5-19-45)48-40(55)29-10-8-27(9-11-29)28-12-15-31(44)16-13-28/h7-18,20,22,24-25,34-35,38,51-53H,4-6,19,21,23,45H2,1-3H3,(H,46,56)(H,47,57)(H,48,55)(H,49,54). The number of phenols is 2. The molecule has 0 radical (unpaired) electrons. The van der Waals surface area contributed by atoms with Crippen molar-refractivity contribution in [1.29, 1.82) is 0 Å². The van der Waals surface area contributed by atoms with Gasteiger partial charge in [0.25, 0.3) is 5.91 Å². The lowest BCUT2D eigenvalue weighted by atomic mass is 9.93. The summed E-state index contributed by atoms with van der Waals surface area (Å²) in [6, 6.07) is 18.0. The largest absolute Gasteiger partial charge is 0.507 e. The number of fused-ring (bicyclic) bond motifs is 5. The fourth-order valence-electron chi connectivity index (χ4n) is 6.71. The van der Waals surface area contributed by atoms with Gasteiger partial charge in [0, 0.05) is 41.7 Å². The Morgan fingerprint density at radius 3 is 2.14 bits per heavy atom. The molecule has 0 saturated heterocycles. The van der Waals surface area contributed by atoms with Crippen LogP contribution >= 0.6 is 11.6 Å². The normalized spacial score (nSPS) is 17.8. The van der Waals surface area contributed by atoms with Crippen LogP contribution in [0, 0.1) is 0 Å². The molecular weight excluding hydrogens is 764 g/mol. The van der Waals surface area contributed by atoms with E-state index in [4.69, 9.17) is 17.3 Å². The first kappa shape index (κ1) is 43.2. The van der Waals surface area contributed by atoms with Crippen LogP contribution < -0.4 is 27.0 Å². The summed E-state index contributed by atoms with van der Waals surface area (Å²) in [5.41, 5.74) is 8.87. The van der Waals surface area contributed by atoms with Gasteiger partial charge in [0.05, 0.1) is 6.10 Å². The molecule has 4 aromatic rings. The Morgan fingerprint density at radius 1 is 0.879 bits per heavy atom. The number of likely N-dealkylation sites (N-methyl/N-ethyl adjacent to an activating group) is 1. The Hall–Kier alpha value is -5.96. The third kappa shape index (κ3) is 10.7. The summed E-state index contributed by atoms with van der Waals surface area (Å²) in [5.74, 6) is -3.65. The van der Waals surface area contributed by atoms with E-state index in [9.17, 15) is 39.3 Å². The molecule has 0 spiro atoms. The van der Waals surface area contributed by atoms with Crippen LogP contribution in [0.2, 0.25) is 5.02 Å². The lowest BCUT2D eigenvalue weighted by Gasteiger charge is -2.32. The molecule has 9 N–H and O–H groups in total. The van der Waals surface area contributed by atoms with E-state index in [2.05, 4.69) is 21.3 Å². The molecular formula is C43H49ClN6O8. The Kier molecular flexibility index (Phi) is 14.5. The number of nitrogens with one attached hydrogen (secondary N) is 4. The minimum Gasteiger partial charge on any atom is -0.507 e. The number of hydrogen-bond acceptors (Lipinski definition) is 9. The summed E-state index contributed by atoms with van der Waals surface area (Å²) in [7, 11) is 1.40. The number of carbonyl (C=O) groups excluding carboxylic acids is 5. The first-order chi connectivity index (χ1) is 27.7. The molecule has 1 heterocycles. The quantitative estimate of drug-likeness (QED) is 0.0979. The van der Waals surface area contributed by atoms with Crippen LogP contribution in [0.1, 0.15) is 60.6 Å². The van der Waals surface area contributed by atoms with Crippen molar-refractivity contribution in [3.05, 3.63) is 107 Å². The van der Waals surface area contributed by atoms with Gasteiger partial charge in [-0.3, -0.25) is 24.0 Å². The number of nitrogens with zero attached hydrogens (tertiary/aromatic N) is 1. The molecule has 0 aliphatic carbocycles. The molecule has 0 aromatic heterocycles. The zero-order valence-electron chi connectivity index (χ0n) is 32.5. The molecule has 4 bridgehead atoms. The van der Waals surface area contributed by atoms with Crippen molar-refractivity contribution in [3.63, 3.8) is 0 Å². The van der Waals surface area contributed by atoms with Crippen LogP contribution in [0.5, 0.6) is 11.5 Å². The number of phenolic OH excluding ortho intramolecular Hbond substituents is 2. The summed E-state index contributed by atoms with van der Waals surface area (Å²) >= 11 is 6.04. The van der Waals surface area contributed by atoms with Crippen LogP contribution in [0.3, 0.4) is 0 Å². The maximum absolute atomic E-state index is 14.5. The van der Waals surface area contributed by atoms with Gasteiger partial charge in [0.2, 0.25) is 23.6 Å². The minimum atomic E-state index is -1.41. The van der Waals surface area contributed by atoms with Gasteiger partial charge < -0.3 is 47.2 Å². The molecule has 5 unspecified atom stereocenters. The highest BCUT2D eigenvalue weighted by atomic mass is 35.5. The number of carbonyl (C=O) groups is 5. The van der Waals surface area contributed by atoms with Crippen LogP contribution in [0.4, 0.5) is 0 Å². The highest BCUT2D eigenvalue weighted by Gasteiger charge is 2.36. The molecule has 58 heavy (non-hydrogen) atoms. The van der Waals surface area contributed by atoms with Crippen molar-refractivity contribution in [2.45, 2.75) is 69.8 Å². The third-order valence-corrected chi connectivity index (χ3v) is 10.2. The lowest BCUT2D eigenvalue weighted by Crippen LogP contribution is -2.56. The fourth-order valence-corrected chi connectivity index (χ4v) is 6.83. The van der Waals surface area contributed by atoms with Gasteiger partial charge in [-0.25, -0.2) is 0 Å². The molecule has 5 atom stereocenters. The Bertz CT molecular complexity index is 2130. The molecule has 15 heteroatoms. The van der Waals surface area contributed by atoms with Gasteiger partial charge in [-0.1, -0.05) is 48.0 Å². The number of aromatic hydroxyl groups is 2. The Labute approximate surface area is 341 Å². The molecule has 14 nitrogen and oxygen atoms in total. The maximum atomic E-state index is 14.5. The van der Waals surface area contributed by atoms with Crippen LogP contribution in [0.25, 0.3) is 22.3 Å². The van der Waals surface area contributed by atoms with Crippen LogP contribution in [-0.2, 0) is 25.6 Å². The molecule has 5 rings (SSSR count). The summed E-state index contributed by atoms with van der Waals surface area (Å²) in [6.45, 7) is 3.20. The second kappa shape index (κ2) is 19.5. The number of nitrogens with two attached hydrogens (primary N) is 1. The monoisotopic (exact) mass is 812 g/mol. The average molecular weight is 813 g/mol. The zero-order chi connectivity index (χ0) is 42.1. The second-order valence-electron chi connectivity index (χ2n) is 14.5. The topological polar surface area (TPSA) is 223 Å². The predicted octanol–water partition coefficient (Wildman–Crippen LogP) is 3.55. The average Bonchev–Trinajstić information content (AvgIpc) is 3.20. The smallest absolute Gasteiger partial charge is 0.251 e. The summed E-state index contributed by atoms with van der Waals surface area (Å²) in [5, 5.41) is 43.2. The third-order valence-electron chi connectivity index (χ3n) is 9.94. The van der Waals surface area contributed by atoms with Gasteiger partial charge in [-0.05, 0) is 110 Å². The van der Waals surface area contributed by atoms with E-state index >= 15 is 0 Å². The first-order valence-electron chi connectivity index (χ1n) is 19.0. The zero-order valence-corrected chi connectivity index (χ0v) is 33.3. The summed E-state index contributed by atoms with van der Waals surface area (Å²) < 4.78 is 0. The lowest BCUT2D eigenvalue weighted by molar-refractivity contribution is -0.141. The Morgan fingerprint density at radius 2 is 1.50 bits per heavy atom. The highest BCUT2D eigenvalue weighted by Crippen LogP contribution is 2.39. The van der Waals surface area contributed by atoms with Gasteiger partial charge in [0.15, 0.2) is 0 Å². The first-order valence-corrected chi connectivity index (χ1v) is 19.4. The van der Waals surface area contributed by atoms with Gasteiger partial charge in [-0.2, -0.15) is 0 Å². The van der Waals surface area contributed by atoms with Crippen molar-refractivity contribution in [2.24, 2.45) is 5.73 Å². The van der Waals surface area contributed by atoms with Gasteiger partial charge in [0.1, 0.15) is 35.7 Å². The highest BCUT2D eigenvalue weighted by molar-refractivity contribution is 6.30. The van der Waals surface area contributed by atoms with E-state index in [0.717, 1.165) is 11.1 Å². The van der Waals surface area contributed by atoms with E-state index in [1.807, 2.05) is 12.1 Å². The summed E-state index contributed by atoms with van der Waals surface area (Å²) in [4.78, 5) is 70.4. The van der Waals surface area contributed by atoms with E-state index in [-0.39, 0.29) is 47.6 Å². The van der Waals surface area contributed by atoms with E-state index in [1.165, 1.54) is 50.1 Å². The number of unbranched alkanes of at least 4 members (excludes halogenated alkanes) is 1. The molecule has 0 fully saturated rings.